The maximum Gasteiger partial charge on any atom is 0.242 e. The van der Waals surface area contributed by atoms with Crippen molar-refractivity contribution < 1.29 is 8.42 Å². The van der Waals surface area contributed by atoms with E-state index in [4.69, 9.17) is 22.6 Å². The fraction of sp³-hybridized carbons (Fsp3) is 0.364. The van der Waals surface area contributed by atoms with Crippen molar-refractivity contribution >= 4 is 21.6 Å². The summed E-state index contributed by atoms with van der Waals surface area (Å²) in [5, 5.41) is 8.71. The highest BCUT2D eigenvalue weighted by molar-refractivity contribution is 7.89. The normalized spacial score (nSPS) is 13.0. The second-order valence-corrected chi connectivity index (χ2v) is 5.81. The first-order valence-electron chi connectivity index (χ1n) is 5.36. The predicted octanol–water partition coefficient (Wildman–Crippen LogP) is 1.23. The molecule has 0 aliphatic rings. The van der Waals surface area contributed by atoms with Crippen molar-refractivity contribution in [1.29, 1.82) is 5.26 Å². The van der Waals surface area contributed by atoms with Crippen LogP contribution in [0.5, 0.6) is 0 Å². The van der Waals surface area contributed by atoms with Gasteiger partial charge in [-0.3, -0.25) is 0 Å². The molecule has 1 unspecified atom stereocenters. The summed E-state index contributed by atoms with van der Waals surface area (Å²) in [6.07, 6.45) is 0.587. The number of rotatable bonds is 5. The van der Waals surface area contributed by atoms with Crippen molar-refractivity contribution in [2.45, 2.75) is 24.3 Å². The van der Waals surface area contributed by atoms with Gasteiger partial charge in [-0.05, 0) is 24.6 Å². The van der Waals surface area contributed by atoms with Gasteiger partial charge in [0.25, 0.3) is 0 Å². The maximum atomic E-state index is 12.0. The highest BCUT2D eigenvalue weighted by atomic mass is 35.5. The molecule has 7 heteroatoms. The molecule has 18 heavy (non-hydrogen) atoms. The smallest absolute Gasteiger partial charge is 0.242 e. The van der Waals surface area contributed by atoms with Crippen LogP contribution in [0.4, 0.5) is 0 Å². The molecule has 1 aromatic rings. The van der Waals surface area contributed by atoms with Crippen LogP contribution < -0.4 is 10.5 Å². The van der Waals surface area contributed by atoms with Gasteiger partial charge in [-0.15, -0.1) is 0 Å². The third-order valence-electron chi connectivity index (χ3n) is 2.45. The van der Waals surface area contributed by atoms with Crippen LogP contribution in [-0.4, -0.2) is 21.0 Å². The van der Waals surface area contributed by atoms with Gasteiger partial charge in [0.05, 0.1) is 16.7 Å². The summed E-state index contributed by atoms with van der Waals surface area (Å²) in [7, 11) is -3.71. The number of hydrogen-bond donors (Lipinski definition) is 2. The lowest BCUT2D eigenvalue weighted by Crippen LogP contribution is -2.39. The molecule has 3 N–H and O–H groups in total. The summed E-state index contributed by atoms with van der Waals surface area (Å²) in [6.45, 7) is 2.05. The zero-order valence-corrected chi connectivity index (χ0v) is 11.4. The Morgan fingerprint density at radius 1 is 1.56 bits per heavy atom. The minimum atomic E-state index is -3.71. The van der Waals surface area contributed by atoms with Crippen LogP contribution in [-0.2, 0) is 10.0 Å². The number of nitrogens with zero attached hydrogens (tertiary/aromatic N) is 1. The predicted molar refractivity (Wildman–Crippen MR) is 69.6 cm³/mol. The molecule has 0 amide bonds. The first-order valence-corrected chi connectivity index (χ1v) is 7.22. The van der Waals surface area contributed by atoms with Crippen LogP contribution in [0.3, 0.4) is 0 Å². The molecule has 98 valence electrons. The summed E-state index contributed by atoms with van der Waals surface area (Å²) in [6, 6.07) is 5.60. The van der Waals surface area contributed by atoms with Crippen LogP contribution in [0.1, 0.15) is 18.9 Å². The molecule has 5 nitrogen and oxygen atoms in total. The number of hydrogen-bond acceptors (Lipinski definition) is 4. The van der Waals surface area contributed by atoms with Crippen molar-refractivity contribution in [2.24, 2.45) is 5.73 Å². The van der Waals surface area contributed by atoms with Crippen molar-refractivity contribution in [2.75, 3.05) is 6.54 Å². The zero-order chi connectivity index (χ0) is 13.8. The Kier molecular flexibility index (Phi) is 5.11. The summed E-state index contributed by atoms with van der Waals surface area (Å²) in [5.41, 5.74) is 5.76. The standard InChI is InChI=1S/C11H14ClN3O2S/c1-2-9(7-14)15-18(16,17)11-4-3-8(6-13)5-10(11)12/h3-5,9,15H,2,7,14H2,1H3. The fourth-order valence-corrected chi connectivity index (χ4v) is 3.25. The molecule has 0 aliphatic heterocycles. The molecule has 0 radical (unpaired) electrons. The number of nitriles is 1. The third-order valence-corrected chi connectivity index (χ3v) is 4.45. The van der Waals surface area contributed by atoms with Gasteiger partial charge in [0, 0.05) is 12.6 Å². The average Bonchev–Trinajstić information content (AvgIpc) is 2.35. The van der Waals surface area contributed by atoms with Gasteiger partial charge >= 0.3 is 0 Å². The summed E-state index contributed by atoms with van der Waals surface area (Å²) < 4.78 is 26.6. The van der Waals surface area contributed by atoms with Crippen LogP contribution in [0.2, 0.25) is 5.02 Å². The molecule has 0 saturated heterocycles. The van der Waals surface area contributed by atoms with E-state index in [0.717, 1.165) is 0 Å². The Hall–Kier alpha value is -1.13. The maximum absolute atomic E-state index is 12.0. The van der Waals surface area contributed by atoms with Gasteiger partial charge in [-0.2, -0.15) is 5.26 Å². The lowest BCUT2D eigenvalue weighted by Gasteiger charge is -2.15. The van der Waals surface area contributed by atoms with E-state index >= 15 is 0 Å². The number of nitrogens with two attached hydrogens (primary N) is 1. The quantitative estimate of drug-likeness (QED) is 0.851. The number of benzene rings is 1. The van der Waals surface area contributed by atoms with Gasteiger partial charge in [0.15, 0.2) is 0 Å². The minimum absolute atomic E-state index is 0.0217. The molecule has 0 bridgehead atoms. The van der Waals surface area contributed by atoms with E-state index < -0.39 is 10.0 Å². The first kappa shape index (κ1) is 14.9. The second-order valence-electron chi connectivity index (χ2n) is 3.72. The van der Waals surface area contributed by atoms with E-state index in [-0.39, 0.29) is 22.5 Å². The van der Waals surface area contributed by atoms with E-state index in [1.54, 1.807) is 0 Å². The number of nitrogens with one attached hydrogen (secondary N) is 1. The molecule has 0 heterocycles. The third kappa shape index (κ3) is 3.43. The van der Waals surface area contributed by atoms with E-state index in [9.17, 15) is 8.42 Å². The van der Waals surface area contributed by atoms with Crippen molar-refractivity contribution in [3.63, 3.8) is 0 Å². The monoisotopic (exact) mass is 287 g/mol. The summed E-state index contributed by atoms with van der Waals surface area (Å²) in [5.74, 6) is 0. The van der Waals surface area contributed by atoms with Gasteiger partial charge in [-0.25, -0.2) is 13.1 Å². The molecule has 1 rings (SSSR count). The molecule has 0 aromatic heterocycles. The molecule has 1 aromatic carbocycles. The van der Waals surface area contributed by atoms with Crippen molar-refractivity contribution in [1.82, 2.24) is 4.72 Å². The second kappa shape index (κ2) is 6.16. The Bertz CT molecular complexity index is 562. The lowest BCUT2D eigenvalue weighted by atomic mass is 10.2. The highest BCUT2D eigenvalue weighted by Gasteiger charge is 2.21. The molecule has 1 atom stereocenters. The summed E-state index contributed by atoms with van der Waals surface area (Å²) in [4.78, 5) is -0.0462. The first-order chi connectivity index (χ1) is 8.44. The Labute approximate surface area is 112 Å². The lowest BCUT2D eigenvalue weighted by molar-refractivity contribution is 0.542. The zero-order valence-electron chi connectivity index (χ0n) is 9.85. The van der Waals surface area contributed by atoms with Crippen LogP contribution in [0.15, 0.2) is 23.1 Å². The van der Waals surface area contributed by atoms with Crippen molar-refractivity contribution in [3.8, 4) is 6.07 Å². The van der Waals surface area contributed by atoms with Crippen LogP contribution in [0.25, 0.3) is 0 Å². The van der Waals surface area contributed by atoms with E-state index in [1.807, 2.05) is 13.0 Å². The number of halogens is 1. The number of sulfonamides is 1. The molecule has 0 spiro atoms. The average molecular weight is 288 g/mol. The van der Waals surface area contributed by atoms with Gasteiger partial charge in [0.2, 0.25) is 10.0 Å². The largest absolute Gasteiger partial charge is 0.329 e. The molecular weight excluding hydrogens is 274 g/mol. The highest BCUT2D eigenvalue weighted by Crippen LogP contribution is 2.22. The van der Waals surface area contributed by atoms with Gasteiger partial charge < -0.3 is 5.73 Å². The van der Waals surface area contributed by atoms with E-state index in [2.05, 4.69) is 4.72 Å². The fourth-order valence-electron chi connectivity index (χ4n) is 1.37. The Morgan fingerprint density at radius 2 is 2.22 bits per heavy atom. The molecule has 0 fully saturated rings. The summed E-state index contributed by atoms with van der Waals surface area (Å²) >= 11 is 5.86. The topological polar surface area (TPSA) is 96.0 Å². The van der Waals surface area contributed by atoms with Crippen LogP contribution in [0, 0.1) is 11.3 Å². The van der Waals surface area contributed by atoms with Gasteiger partial charge in [0.1, 0.15) is 4.90 Å². The van der Waals surface area contributed by atoms with E-state index in [1.165, 1.54) is 18.2 Å². The van der Waals surface area contributed by atoms with Gasteiger partial charge in [-0.1, -0.05) is 18.5 Å². The SMILES string of the molecule is CCC(CN)NS(=O)(=O)c1ccc(C#N)cc1Cl. The minimum Gasteiger partial charge on any atom is -0.329 e. The van der Waals surface area contributed by atoms with Crippen molar-refractivity contribution in [3.05, 3.63) is 28.8 Å². The Balaban J connectivity index is 3.10. The molecular formula is C11H14ClN3O2S. The molecule has 0 aliphatic carbocycles. The van der Waals surface area contributed by atoms with E-state index in [0.29, 0.717) is 12.0 Å². The molecule has 0 saturated carbocycles. The Morgan fingerprint density at radius 3 is 2.67 bits per heavy atom. The van der Waals surface area contributed by atoms with Crippen LogP contribution >= 0.6 is 11.6 Å².